The molecule has 1 aliphatic carbocycles. The van der Waals surface area contributed by atoms with Crippen molar-refractivity contribution in [2.75, 3.05) is 20.3 Å². The summed E-state index contributed by atoms with van der Waals surface area (Å²) in [6, 6.07) is 2.56. The zero-order chi connectivity index (χ0) is 16.9. The number of amides is 1. The highest BCUT2D eigenvalue weighted by Gasteiger charge is 2.29. The van der Waals surface area contributed by atoms with Crippen molar-refractivity contribution in [2.45, 2.75) is 19.0 Å². The minimum Gasteiger partial charge on any atom is -0.468 e. The summed E-state index contributed by atoms with van der Waals surface area (Å²) >= 11 is 0. The Bertz CT molecular complexity index is 569. The second-order valence-corrected chi connectivity index (χ2v) is 5.01. The number of nitrogens with one attached hydrogen (secondary N) is 1. The second kappa shape index (κ2) is 7.30. The molecular weight excluding hydrogens is 315 g/mol. The molecule has 1 aliphatic rings. The van der Waals surface area contributed by atoms with Crippen molar-refractivity contribution in [2.24, 2.45) is 11.1 Å². The van der Waals surface area contributed by atoms with Crippen molar-refractivity contribution in [3.8, 4) is 5.88 Å². The van der Waals surface area contributed by atoms with Crippen LogP contribution in [-0.2, 0) is 4.84 Å². The van der Waals surface area contributed by atoms with Crippen LogP contribution in [0.4, 0.5) is 13.2 Å². The van der Waals surface area contributed by atoms with Gasteiger partial charge in [-0.3, -0.25) is 4.79 Å². The molecule has 6 nitrogen and oxygen atoms in total. The first-order valence-electron chi connectivity index (χ1n) is 6.93. The van der Waals surface area contributed by atoms with Crippen LogP contribution in [-0.4, -0.2) is 43.0 Å². The number of nitrogens with zero attached hydrogens (tertiary/aromatic N) is 2. The van der Waals surface area contributed by atoms with Crippen molar-refractivity contribution in [1.29, 1.82) is 0 Å². The molecule has 126 valence electrons. The molecule has 0 bridgehead atoms. The van der Waals surface area contributed by atoms with Crippen molar-refractivity contribution in [1.82, 2.24) is 10.3 Å². The van der Waals surface area contributed by atoms with E-state index >= 15 is 0 Å². The Morgan fingerprint density at radius 2 is 2.17 bits per heavy atom. The summed E-state index contributed by atoms with van der Waals surface area (Å²) in [5, 5.41) is 6.54. The minimum absolute atomic E-state index is 0.196. The molecule has 1 N–H and O–H groups in total. The molecular formula is C14H16F3N3O3. The lowest BCUT2D eigenvalue weighted by Crippen LogP contribution is -2.30. The number of rotatable bonds is 7. The molecule has 2 rings (SSSR count). The monoisotopic (exact) mass is 331 g/mol. The normalized spacial score (nSPS) is 15.2. The average molecular weight is 331 g/mol. The highest BCUT2D eigenvalue weighted by atomic mass is 19.4. The average Bonchev–Trinajstić information content (AvgIpc) is 3.33. The van der Waals surface area contributed by atoms with Crippen LogP contribution in [0.15, 0.2) is 23.5 Å². The van der Waals surface area contributed by atoms with Crippen molar-refractivity contribution in [3.63, 3.8) is 0 Å². The summed E-state index contributed by atoms with van der Waals surface area (Å²) in [6.45, 7) is -1.17. The first-order chi connectivity index (χ1) is 10.9. The maximum absolute atomic E-state index is 12.0. The number of pyridine rings is 1. The van der Waals surface area contributed by atoms with Gasteiger partial charge >= 0.3 is 6.18 Å². The molecule has 0 aromatic carbocycles. The van der Waals surface area contributed by atoms with E-state index in [1.807, 2.05) is 0 Å². The number of oxime groups is 1. The van der Waals surface area contributed by atoms with E-state index in [4.69, 9.17) is 4.84 Å². The van der Waals surface area contributed by atoms with Crippen LogP contribution in [0.25, 0.3) is 0 Å². The van der Waals surface area contributed by atoms with E-state index in [0.29, 0.717) is 5.92 Å². The number of halogens is 3. The molecule has 1 fully saturated rings. The van der Waals surface area contributed by atoms with Crippen molar-refractivity contribution in [3.05, 3.63) is 23.9 Å². The molecule has 1 aromatic heterocycles. The Morgan fingerprint density at radius 1 is 1.43 bits per heavy atom. The van der Waals surface area contributed by atoms with Gasteiger partial charge in [0.05, 0.1) is 17.8 Å². The molecule has 1 amide bonds. The molecule has 1 aromatic rings. The smallest absolute Gasteiger partial charge is 0.422 e. The molecule has 0 spiro atoms. The van der Waals surface area contributed by atoms with Crippen LogP contribution in [0.1, 0.15) is 23.2 Å². The highest BCUT2D eigenvalue weighted by Crippen LogP contribution is 2.30. The topological polar surface area (TPSA) is 72.8 Å². The van der Waals surface area contributed by atoms with Gasteiger partial charge in [-0.1, -0.05) is 5.16 Å². The molecule has 9 heteroatoms. The van der Waals surface area contributed by atoms with E-state index in [0.717, 1.165) is 24.8 Å². The zero-order valence-corrected chi connectivity index (χ0v) is 12.4. The Kier molecular flexibility index (Phi) is 5.41. The Hall–Kier alpha value is -2.32. The summed E-state index contributed by atoms with van der Waals surface area (Å²) in [5.74, 6) is -0.255. The third kappa shape index (κ3) is 5.76. The number of carbonyl (C=O) groups is 1. The molecule has 0 aliphatic heterocycles. The quantitative estimate of drug-likeness (QED) is 0.614. The van der Waals surface area contributed by atoms with E-state index < -0.39 is 18.7 Å². The van der Waals surface area contributed by atoms with Gasteiger partial charge in [0.1, 0.15) is 7.11 Å². The number of aromatic nitrogens is 1. The van der Waals surface area contributed by atoms with Gasteiger partial charge < -0.3 is 14.9 Å². The van der Waals surface area contributed by atoms with E-state index in [2.05, 4.69) is 20.2 Å². The number of alkyl halides is 3. The van der Waals surface area contributed by atoms with Crippen LogP contribution in [0.5, 0.6) is 5.88 Å². The summed E-state index contributed by atoms with van der Waals surface area (Å²) in [6.07, 6.45) is -1.24. The summed E-state index contributed by atoms with van der Waals surface area (Å²) < 4.78 is 40.5. The third-order valence-electron chi connectivity index (χ3n) is 3.07. The predicted octanol–water partition coefficient (Wildman–Crippen LogP) is 2.16. The molecule has 0 unspecified atom stereocenters. The van der Waals surface area contributed by atoms with Gasteiger partial charge in [-0.25, -0.2) is 4.98 Å². The third-order valence-corrected chi connectivity index (χ3v) is 3.07. The summed E-state index contributed by atoms with van der Waals surface area (Å²) in [7, 11) is 1.44. The van der Waals surface area contributed by atoms with Gasteiger partial charge in [-0.05, 0) is 18.9 Å². The Balaban J connectivity index is 1.86. The van der Waals surface area contributed by atoms with Gasteiger partial charge in [0.15, 0.2) is 6.61 Å². The largest absolute Gasteiger partial charge is 0.468 e. The second-order valence-electron chi connectivity index (χ2n) is 5.01. The van der Waals surface area contributed by atoms with Crippen LogP contribution in [0, 0.1) is 5.92 Å². The van der Waals surface area contributed by atoms with Crippen LogP contribution in [0.3, 0.4) is 0 Å². The lowest BCUT2D eigenvalue weighted by molar-refractivity contribution is -0.154. The first kappa shape index (κ1) is 17.0. The first-order valence-corrected chi connectivity index (χ1v) is 6.93. The van der Waals surface area contributed by atoms with E-state index in [-0.39, 0.29) is 18.0 Å². The fraction of sp³-hybridized carbons (Fsp3) is 0.500. The lowest BCUT2D eigenvalue weighted by atomic mass is 10.2. The molecule has 1 heterocycles. The number of hydrogen-bond donors (Lipinski definition) is 1. The molecule has 0 saturated heterocycles. The molecule has 0 atom stereocenters. The maximum atomic E-state index is 12.0. The van der Waals surface area contributed by atoms with Crippen LogP contribution >= 0.6 is 0 Å². The minimum atomic E-state index is -4.43. The highest BCUT2D eigenvalue weighted by molar-refractivity contribution is 5.98. The van der Waals surface area contributed by atoms with Gasteiger partial charge in [-0.15, -0.1) is 0 Å². The SMILES string of the molecule is CON=C(CNC(=O)c1ccc(OCC(F)(F)F)nc1)C1CC1. The molecule has 23 heavy (non-hydrogen) atoms. The van der Waals surface area contributed by atoms with Gasteiger partial charge in [0.25, 0.3) is 5.91 Å². The van der Waals surface area contributed by atoms with E-state index in [1.54, 1.807) is 0 Å². The van der Waals surface area contributed by atoms with Crippen LogP contribution in [0.2, 0.25) is 0 Å². The number of carbonyl (C=O) groups excluding carboxylic acids is 1. The Labute approximate surface area is 130 Å². The Morgan fingerprint density at radius 3 is 2.70 bits per heavy atom. The summed E-state index contributed by atoms with van der Waals surface area (Å²) in [4.78, 5) is 20.4. The maximum Gasteiger partial charge on any atom is 0.422 e. The standard InChI is InChI=1S/C14H16F3N3O3/c1-22-20-11(9-2-3-9)7-19-13(21)10-4-5-12(18-6-10)23-8-14(15,16)17/h4-6,9H,2-3,7-8H2,1H3,(H,19,21). The fourth-order valence-corrected chi connectivity index (χ4v) is 1.81. The van der Waals surface area contributed by atoms with E-state index in [1.165, 1.54) is 19.2 Å². The summed E-state index contributed by atoms with van der Waals surface area (Å²) in [5.41, 5.74) is 0.982. The number of hydrogen-bond acceptors (Lipinski definition) is 5. The predicted molar refractivity (Wildman–Crippen MR) is 75.3 cm³/mol. The lowest BCUT2D eigenvalue weighted by Gasteiger charge is -2.09. The van der Waals surface area contributed by atoms with Gasteiger partial charge in [0.2, 0.25) is 5.88 Å². The van der Waals surface area contributed by atoms with Gasteiger partial charge in [0, 0.05) is 18.2 Å². The fourth-order valence-electron chi connectivity index (χ4n) is 1.81. The molecule has 1 saturated carbocycles. The van der Waals surface area contributed by atoms with Gasteiger partial charge in [-0.2, -0.15) is 13.2 Å². The molecule has 0 radical (unpaired) electrons. The van der Waals surface area contributed by atoms with Crippen molar-refractivity contribution >= 4 is 11.6 Å². The van der Waals surface area contributed by atoms with Crippen molar-refractivity contribution < 1.29 is 27.5 Å². The number of ether oxygens (including phenoxy) is 1. The van der Waals surface area contributed by atoms with Crippen LogP contribution < -0.4 is 10.1 Å². The van der Waals surface area contributed by atoms with E-state index in [9.17, 15) is 18.0 Å². The zero-order valence-electron chi connectivity index (χ0n) is 12.4.